The Bertz CT molecular complexity index is 36.8. The lowest BCUT2D eigenvalue weighted by Gasteiger charge is -1.78. The first-order valence-electron chi connectivity index (χ1n) is 1.76. The van der Waals surface area contributed by atoms with E-state index < -0.39 is 0 Å². The maximum Gasteiger partial charge on any atom is 0.106 e. The summed E-state index contributed by atoms with van der Waals surface area (Å²) in [4.78, 5) is 4.32. The fourth-order valence-corrected chi connectivity index (χ4v) is 0.122. The van der Waals surface area contributed by atoms with Crippen molar-refractivity contribution >= 4 is 6.21 Å². The topological polar surface area (TPSA) is 21.6 Å². The fourth-order valence-electron chi connectivity index (χ4n) is 0.122. The molecule has 0 heterocycles. The van der Waals surface area contributed by atoms with Crippen LogP contribution < -0.4 is 0 Å². The van der Waals surface area contributed by atoms with Gasteiger partial charge >= 0.3 is 0 Å². The van der Waals surface area contributed by atoms with Crippen molar-refractivity contribution in [2.24, 2.45) is 5.16 Å². The lowest BCUT2D eigenvalue weighted by molar-refractivity contribution is 0.215. The van der Waals surface area contributed by atoms with E-state index in [0.717, 1.165) is 0 Å². The molecule has 6 heavy (non-hydrogen) atoms. The van der Waals surface area contributed by atoms with Crippen LogP contribution in [0.2, 0.25) is 0 Å². The fraction of sp³-hybridized carbons (Fsp3) is 0.500. The third-order valence-electron chi connectivity index (χ3n) is 0.315. The van der Waals surface area contributed by atoms with Gasteiger partial charge in [-0.2, -0.15) is 0 Å². The van der Waals surface area contributed by atoms with Gasteiger partial charge in [0.25, 0.3) is 0 Å². The molecule has 0 amide bonds. The normalized spacial score (nSPS) is 9.67. The summed E-state index contributed by atoms with van der Waals surface area (Å²) in [6, 6.07) is 0. The predicted molar refractivity (Wildman–Crippen MR) is 25.5 cm³/mol. The first-order valence-corrected chi connectivity index (χ1v) is 1.76. The standard InChI is InChI=1S/C4H8NO/c1-3-4-5-6-2/h3-4H,1-2H3/b5-4+. The van der Waals surface area contributed by atoms with Gasteiger partial charge in [0.05, 0.1) is 0 Å². The monoisotopic (exact) mass is 86.1 g/mol. The number of oxime groups is 1. The molecule has 0 N–H and O–H groups in total. The van der Waals surface area contributed by atoms with Crippen LogP contribution >= 0.6 is 0 Å². The van der Waals surface area contributed by atoms with E-state index >= 15 is 0 Å². The van der Waals surface area contributed by atoms with Crippen molar-refractivity contribution in [2.75, 3.05) is 7.11 Å². The average Bonchev–Trinajstić information content (AvgIpc) is 1.61. The Labute approximate surface area is 37.8 Å². The Morgan fingerprint density at radius 3 is 2.50 bits per heavy atom. The summed E-state index contributed by atoms with van der Waals surface area (Å²) in [5.41, 5.74) is 0. The molecular weight excluding hydrogens is 78.0 g/mol. The van der Waals surface area contributed by atoms with Gasteiger partial charge < -0.3 is 4.84 Å². The third-order valence-corrected chi connectivity index (χ3v) is 0.315. The second-order valence-electron chi connectivity index (χ2n) is 0.770. The molecule has 0 aliphatic carbocycles. The molecule has 0 aromatic rings. The van der Waals surface area contributed by atoms with Crippen molar-refractivity contribution in [3.8, 4) is 0 Å². The highest BCUT2D eigenvalue weighted by atomic mass is 16.6. The summed E-state index contributed by atoms with van der Waals surface area (Å²) >= 11 is 0. The Balaban J connectivity index is 2.73. The van der Waals surface area contributed by atoms with Gasteiger partial charge in [0, 0.05) is 12.6 Å². The first kappa shape index (κ1) is 5.47. The highest BCUT2D eigenvalue weighted by Gasteiger charge is 1.60. The zero-order chi connectivity index (χ0) is 4.83. The largest absolute Gasteiger partial charge is 0.399 e. The van der Waals surface area contributed by atoms with Gasteiger partial charge in [-0.25, -0.2) is 0 Å². The molecule has 0 unspecified atom stereocenters. The molecule has 2 nitrogen and oxygen atoms in total. The molecule has 0 aliphatic heterocycles. The molecule has 1 radical (unpaired) electrons. The van der Waals surface area contributed by atoms with Gasteiger partial charge in [0.2, 0.25) is 0 Å². The van der Waals surface area contributed by atoms with E-state index in [0.29, 0.717) is 0 Å². The van der Waals surface area contributed by atoms with Gasteiger partial charge in [-0.3, -0.25) is 0 Å². The zero-order valence-electron chi connectivity index (χ0n) is 4.01. The minimum absolute atomic E-state index is 1.51. The van der Waals surface area contributed by atoms with E-state index in [2.05, 4.69) is 9.99 Å². The number of hydrogen-bond donors (Lipinski definition) is 0. The Hall–Kier alpha value is -0.530. The Morgan fingerprint density at radius 2 is 2.33 bits per heavy atom. The Morgan fingerprint density at radius 1 is 1.67 bits per heavy atom. The number of hydrogen-bond acceptors (Lipinski definition) is 2. The summed E-state index contributed by atoms with van der Waals surface area (Å²) in [7, 11) is 1.51. The summed E-state index contributed by atoms with van der Waals surface area (Å²) in [6.07, 6.45) is 3.38. The lowest BCUT2D eigenvalue weighted by Crippen LogP contribution is -1.69. The number of rotatable bonds is 2. The Kier molecular flexibility index (Phi) is 4.08. The van der Waals surface area contributed by atoms with Crippen molar-refractivity contribution in [3.05, 3.63) is 6.42 Å². The van der Waals surface area contributed by atoms with E-state index in [-0.39, 0.29) is 0 Å². The van der Waals surface area contributed by atoms with Crippen LogP contribution in [-0.4, -0.2) is 13.3 Å². The minimum atomic E-state index is 1.51. The predicted octanol–water partition coefficient (Wildman–Crippen LogP) is 0.843. The molecule has 0 fully saturated rings. The third kappa shape index (κ3) is 3.47. The lowest BCUT2D eigenvalue weighted by atomic mass is 10.6. The molecular formula is C4H8NO. The van der Waals surface area contributed by atoms with Crippen LogP contribution in [0, 0.1) is 6.42 Å². The van der Waals surface area contributed by atoms with E-state index in [9.17, 15) is 0 Å². The second kappa shape index (κ2) is 4.47. The molecule has 0 rings (SSSR count). The first-order chi connectivity index (χ1) is 2.91. The average molecular weight is 86.1 g/mol. The quantitative estimate of drug-likeness (QED) is 0.360. The van der Waals surface area contributed by atoms with Gasteiger partial charge in [0.1, 0.15) is 7.11 Å². The van der Waals surface area contributed by atoms with Crippen molar-refractivity contribution in [3.63, 3.8) is 0 Å². The molecule has 35 valence electrons. The highest BCUT2D eigenvalue weighted by Crippen LogP contribution is 1.65. The van der Waals surface area contributed by atoms with Crippen LogP contribution in [0.4, 0.5) is 0 Å². The summed E-state index contributed by atoms with van der Waals surface area (Å²) < 4.78 is 0. The van der Waals surface area contributed by atoms with Crippen LogP contribution in [0.5, 0.6) is 0 Å². The molecule has 0 saturated carbocycles. The van der Waals surface area contributed by atoms with Gasteiger partial charge in [-0.1, -0.05) is 12.1 Å². The highest BCUT2D eigenvalue weighted by molar-refractivity contribution is 5.65. The molecule has 0 aromatic carbocycles. The van der Waals surface area contributed by atoms with Crippen LogP contribution in [0.1, 0.15) is 6.92 Å². The molecule has 2 heteroatoms. The van der Waals surface area contributed by atoms with Crippen molar-refractivity contribution < 1.29 is 4.84 Å². The smallest absolute Gasteiger partial charge is 0.106 e. The van der Waals surface area contributed by atoms with E-state index in [1.807, 2.05) is 6.92 Å². The summed E-state index contributed by atoms with van der Waals surface area (Å²) in [5, 5.41) is 3.41. The second-order valence-corrected chi connectivity index (χ2v) is 0.770. The van der Waals surface area contributed by atoms with Gasteiger partial charge in [-0.05, 0) is 0 Å². The number of nitrogens with zero attached hydrogens (tertiary/aromatic N) is 1. The van der Waals surface area contributed by atoms with Crippen LogP contribution in [0.3, 0.4) is 0 Å². The van der Waals surface area contributed by atoms with Crippen molar-refractivity contribution in [2.45, 2.75) is 6.92 Å². The van der Waals surface area contributed by atoms with Gasteiger partial charge in [-0.15, -0.1) is 0 Å². The van der Waals surface area contributed by atoms with E-state index in [4.69, 9.17) is 0 Å². The molecule has 0 saturated heterocycles. The van der Waals surface area contributed by atoms with E-state index in [1.54, 1.807) is 12.6 Å². The zero-order valence-corrected chi connectivity index (χ0v) is 4.01. The van der Waals surface area contributed by atoms with Crippen molar-refractivity contribution in [1.82, 2.24) is 0 Å². The van der Waals surface area contributed by atoms with E-state index in [1.165, 1.54) is 7.11 Å². The maximum atomic E-state index is 4.32. The molecule has 0 bridgehead atoms. The SMILES string of the molecule is C[CH]/C=N/OC. The maximum absolute atomic E-state index is 4.32. The van der Waals surface area contributed by atoms with Crippen molar-refractivity contribution in [1.29, 1.82) is 0 Å². The molecule has 0 atom stereocenters. The minimum Gasteiger partial charge on any atom is -0.399 e. The van der Waals surface area contributed by atoms with Crippen LogP contribution in [0.15, 0.2) is 5.16 Å². The summed E-state index contributed by atoms with van der Waals surface area (Å²) in [6.45, 7) is 1.88. The summed E-state index contributed by atoms with van der Waals surface area (Å²) in [5.74, 6) is 0. The molecule has 0 spiro atoms. The van der Waals surface area contributed by atoms with Crippen LogP contribution in [-0.2, 0) is 4.84 Å². The van der Waals surface area contributed by atoms with Gasteiger partial charge in [0.15, 0.2) is 0 Å². The molecule has 0 aliphatic rings. The van der Waals surface area contributed by atoms with Crippen LogP contribution in [0.25, 0.3) is 0 Å². The molecule has 0 aromatic heterocycles.